The number of halogens is 3. The Balaban J connectivity index is 2.01. The molecule has 1 aromatic carbocycles. The summed E-state index contributed by atoms with van der Waals surface area (Å²) in [5, 5.41) is 0. The summed E-state index contributed by atoms with van der Waals surface area (Å²) in [7, 11) is 1.94. The number of hydrogen-bond donors (Lipinski definition) is 1. The molecule has 0 heterocycles. The summed E-state index contributed by atoms with van der Waals surface area (Å²) in [5.41, 5.74) is 5.59. The Bertz CT molecular complexity index is 453. The average molecular weight is 300 g/mol. The maximum Gasteiger partial charge on any atom is 0.416 e. The molecule has 21 heavy (non-hydrogen) atoms. The Morgan fingerprint density at radius 3 is 2.48 bits per heavy atom. The highest BCUT2D eigenvalue weighted by Gasteiger charge is 2.34. The fraction of sp³-hybridized carbons (Fsp3) is 0.625. The fourth-order valence-corrected chi connectivity index (χ4v) is 3.22. The summed E-state index contributed by atoms with van der Waals surface area (Å²) < 4.78 is 39.0. The van der Waals surface area contributed by atoms with Gasteiger partial charge in [-0.2, -0.15) is 13.2 Å². The maximum absolute atomic E-state index is 13.0. The van der Waals surface area contributed by atoms with Crippen LogP contribution in [0.2, 0.25) is 0 Å². The highest BCUT2D eigenvalue weighted by atomic mass is 19.4. The largest absolute Gasteiger partial charge is 0.416 e. The van der Waals surface area contributed by atoms with Gasteiger partial charge >= 0.3 is 6.18 Å². The predicted molar refractivity (Wildman–Crippen MR) is 77.8 cm³/mol. The lowest BCUT2D eigenvalue weighted by atomic mass is 9.99. The lowest BCUT2D eigenvalue weighted by Crippen LogP contribution is -2.33. The lowest BCUT2D eigenvalue weighted by molar-refractivity contribution is -0.138. The summed E-state index contributed by atoms with van der Waals surface area (Å²) in [4.78, 5) is 2.06. The summed E-state index contributed by atoms with van der Waals surface area (Å²) in [6.07, 6.45) is 0.624. The van der Waals surface area contributed by atoms with E-state index in [1.54, 1.807) is 6.07 Å². The molecule has 0 radical (unpaired) electrons. The van der Waals surface area contributed by atoms with Gasteiger partial charge in [0.25, 0.3) is 0 Å². The zero-order valence-electron chi connectivity index (χ0n) is 12.4. The van der Waals surface area contributed by atoms with Crippen molar-refractivity contribution < 1.29 is 13.2 Å². The van der Waals surface area contributed by atoms with Crippen molar-refractivity contribution in [3.8, 4) is 0 Å². The Kier molecular flexibility index (Phi) is 5.27. The number of nitrogens with two attached hydrogens (primary N) is 1. The van der Waals surface area contributed by atoms with E-state index in [0.29, 0.717) is 12.5 Å². The number of nitrogens with zero attached hydrogens (tertiary/aromatic N) is 1. The second kappa shape index (κ2) is 6.79. The van der Waals surface area contributed by atoms with Crippen molar-refractivity contribution in [3.63, 3.8) is 0 Å². The van der Waals surface area contributed by atoms with Crippen molar-refractivity contribution in [2.75, 3.05) is 20.1 Å². The summed E-state index contributed by atoms with van der Waals surface area (Å²) in [6.45, 7) is 1.37. The van der Waals surface area contributed by atoms with Crippen LogP contribution < -0.4 is 5.73 Å². The van der Waals surface area contributed by atoms with E-state index in [2.05, 4.69) is 4.90 Å². The molecule has 1 saturated carbocycles. The third-order valence-corrected chi connectivity index (χ3v) is 4.22. The van der Waals surface area contributed by atoms with Crippen LogP contribution in [0.1, 0.15) is 42.9 Å². The maximum atomic E-state index is 13.0. The van der Waals surface area contributed by atoms with Crippen LogP contribution in [-0.2, 0) is 6.18 Å². The molecule has 1 unspecified atom stereocenters. The highest BCUT2D eigenvalue weighted by molar-refractivity contribution is 5.32. The first kappa shape index (κ1) is 16.3. The van der Waals surface area contributed by atoms with Crippen molar-refractivity contribution in [2.45, 2.75) is 37.9 Å². The zero-order valence-corrected chi connectivity index (χ0v) is 12.4. The van der Waals surface area contributed by atoms with Gasteiger partial charge in [-0.3, -0.25) is 0 Å². The number of alkyl halides is 3. The Morgan fingerprint density at radius 2 is 1.86 bits per heavy atom. The molecule has 0 amide bonds. The van der Waals surface area contributed by atoms with Crippen molar-refractivity contribution in [1.29, 1.82) is 0 Å². The molecule has 0 saturated heterocycles. The smallest absolute Gasteiger partial charge is 0.323 e. The van der Waals surface area contributed by atoms with E-state index in [9.17, 15) is 13.2 Å². The van der Waals surface area contributed by atoms with E-state index in [4.69, 9.17) is 5.73 Å². The highest BCUT2D eigenvalue weighted by Crippen LogP contribution is 2.34. The van der Waals surface area contributed by atoms with Crippen molar-refractivity contribution >= 4 is 0 Å². The summed E-state index contributed by atoms with van der Waals surface area (Å²) in [5.74, 6) is 0.667. The summed E-state index contributed by atoms with van der Waals surface area (Å²) in [6, 6.07) is 4.99. The average Bonchev–Trinajstić information content (AvgIpc) is 2.90. The van der Waals surface area contributed by atoms with Crippen LogP contribution in [0.25, 0.3) is 0 Å². The molecule has 2 nitrogen and oxygen atoms in total. The SMILES string of the molecule is CN(CC1CCCC1)CC(N)c1ccccc1C(F)(F)F. The molecule has 1 aliphatic rings. The van der Waals surface area contributed by atoms with Gasteiger partial charge in [-0.15, -0.1) is 0 Å². The van der Waals surface area contributed by atoms with Crippen LogP contribution in [0.5, 0.6) is 0 Å². The monoisotopic (exact) mass is 300 g/mol. The fourth-order valence-electron chi connectivity index (χ4n) is 3.22. The van der Waals surface area contributed by atoms with Gasteiger partial charge in [0.05, 0.1) is 5.56 Å². The van der Waals surface area contributed by atoms with Gasteiger partial charge in [-0.25, -0.2) is 0 Å². The number of hydrogen-bond acceptors (Lipinski definition) is 2. The topological polar surface area (TPSA) is 29.3 Å². The minimum atomic E-state index is -4.35. The van der Waals surface area contributed by atoms with Crippen LogP contribution in [-0.4, -0.2) is 25.0 Å². The van der Waals surface area contributed by atoms with Crippen LogP contribution in [0.3, 0.4) is 0 Å². The van der Waals surface area contributed by atoms with Gasteiger partial charge in [-0.1, -0.05) is 31.0 Å². The molecule has 1 aromatic rings. The zero-order chi connectivity index (χ0) is 15.5. The summed E-state index contributed by atoms with van der Waals surface area (Å²) >= 11 is 0. The second-order valence-corrected chi connectivity index (χ2v) is 6.06. The van der Waals surface area contributed by atoms with E-state index >= 15 is 0 Å². The van der Waals surface area contributed by atoms with Gasteiger partial charge in [-0.05, 0) is 37.4 Å². The van der Waals surface area contributed by atoms with Crippen molar-refractivity contribution in [1.82, 2.24) is 4.90 Å². The van der Waals surface area contributed by atoms with Gasteiger partial charge in [0, 0.05) is 19.1 Å². The Hall–Kier alpha value is -1.07. The Morgan fingerprint density at radius 1 is 1.24 bits per heavy atom. The first-order valence-corrected chi connectivity index (χ1v) is 7.48. The van der Waals surface area contributed by atoms with E-state index in [1.807, 2.05) is 7.05 Å². The van der Waals surface area contributed by atoms with E-state index < -0.39 is 17.8 Å². The van der Waals surface area contributed by atoms with Gasteiger partial charge < -0.3 is 10.6 Å². The third kappa shape index (κ3) is 4.45. The van der Waals surface area contributed by atoms with Gasteiger partial charge in [0.15, 0.2) is 0 Å². The molecule has 118 valence electrons. The molecule has 1 aliphatic carbocycles. The number of rotatable bonds is 5. The molecule has 0 aliphatic heterocycles. The standard InChI is InChI=1S/C16H23F3N2/c1-21(10-12-6-2-3-7-12)11-15(20)13-8-4-5-9-14(13)16(17,18)19/h4-5,8-9,12,15H,2-3,6-7,10-11,20H2,1H3. The Labute approximate surface area is 124 Å². The quantitative estimate of drug-likeness (QED) is 0.895. The van der Waals surface area contributed by atoms with E-state index in [-0.39, 0.29) is 5.56 Å². The van der Waals surface area contributed by atoms with Crippen LogP contribution in [0.15, 0.2) is 24.3 Å². The van der Waals surface area contributed by atoms with Crippen LogP contribution in [0.4, 0.5) is 13.2 Å². The van der Waals surface area contributed by atoms with Gasteiger partial charge in [0.2, 0.25) is 0 Å². The normalized spacial score (nSPS) is 18.4. The molecular formula is C16H23F3N2. The molecule has 2 rings (SSSR count). The molecule has 0 bridgehead atoms. The first-order valence-electron chi connectivity index (χ1n) is 7.48. The molecule has 0 aromatic heterocycles. The number of benzene rings is 1. The minimum Gasteiger partial charge on any atom is -0.323 e. The molecule has 5 heteroatoms. The predicted octanol–water partition coefficient (Wildman–Crippen LogP) is 3.83. The van der Waals surface area contributed by atoms with E-state index in [1.165, 1.54) is 37.8 Å². The molecular weight excluding hydrogens is 277 g/mol. The van der Waals surface area contributed by atoms with E-state index in [0.717, 1.165) is 12.6 Å². The van der Waals surface area contributed by atoms with Crippen LogP contribution in [0, 0.1) is 5.92 Å². The minimum absolute atomic E-state index is 0.184. The van der Waals surface area contributed by atoms with Crippen molar-refractivity contribution in [2.24, 2.45) is 11.7 Å². The molecule has 2 N–H and O–H groups in total. The molecule has 1 fully saturated rings. The van der Waals surface area contributed by atoms with Crippen molar-refractivity contribution in [3.05, 3.63) is 35.4 Å². The molecule has 1 atom stereocenters. The third-order valence-electron chi connectivity index (χ3n) is 4.22. The van der Waals surface area contributed by atoms with Gasteiger partial charge in [0.1, 0.15) is 0 Å². The lowest BCUT2D eigenvalue weighted by Gasteiger charge is -2.25. The first-order chi connectivity index (χ1) is 9.88. The second-order valence-electron chi connectivity index (χ2n) is 6.06. The van der Waals surface area contributed by atoms with Crippen LogP contribution >= 0.6 is 0 Å². The number of likely N-dealkylation sites (N-methyl/N-ethyl adjacent to an activating group) is 1. The molecule has 0 spiro atoms.